The van der Waals surface area contributed by atoms with Crippen molar-refractivity contribution in [2.24, 2.45) is 0 Å². The van der Waals surface area contributed by atoms with E-state index in [0.717, 1.165) is 4.31 Å². The average Bonchev–Trinajstić information content (AvgIpc) is 2.61. The van der Waals surface area contributed by atoms with Gasteiger partial charge in [0, 0.05) is 6.54 Å². The summed E-state index contributed by atoms with van der Waals surface area (Å²) < 4.78 is 38.0. The van der Waals surface area contributed by atoms with Crippen molar-refractivity contribution in [1.82, 2.24) is 9.79 Å². The zero-order valence-corrected chi connectivity index (χ0v) is 15.6. The minimum Gasteiger partial charge on any atom is -0.481 e. The molecule has 9 heteroatoms. The highest BCUT2D eigenvalue weighted by Gasteiger charge is 2.44. The fourth-order valence-electron chi connectivity index (χ4n) is 2.78. The van der Waals surface area contributed by atoms with E-state index < -0.39 is 34.2 Å². The third kappa shape index (κ3) is 4.34. The topological polar surface area (TPSA) is 105 Å². The number of rotatable bonds is 5. The molecule has 1 saturated heterocycles. The molecule has 8 nitrogen and oxygen atoms in total. The Hall–Kier alpha value is -2.12. The molecule has 26 heavy (non-hydrogen) atoms. The minimum atomic E-state index is -3.98. The lowest BCUT2D eigenvalue weighted by Gasteiger charge is -2.40. The lowest BCUT2D eigenvalue weighted by molar-refractivity contribution is -0.146. The van der Waals surface area contributed by atoms with Crippen molar-refractivity contribution < 1.29 is 27.9 Å². The Morgan fingerprint density at radius 1 is 1.38 bits per heavy atom. The van der Waals surface area contributed by atoms with Crippen LogP contribution < -0.4 is 10.2 Å². The normalized spacial score (nSPS) is 23.6. The van der Waals surface area contributed by atoms with Gasteiger partial charge >= 0.3 is 0 Å². The van der Waals surface area contributed by atoms with Gasteiger partial charge in [-0.15, -0.1) is 5.92 Å². The van der Waals surface area contributed by atoms with Crippen molar-refractivity contribution in [2.45, 2.75) is 43.9 Å². The molecule has 1 aliphatic heterocycles. The average molecular weight is 382 g/mol. The second kappa shape index (κ2) is 8.51. The third-order valence-corrected chi connectivity index (χ3v) is 5.80. The molecular formula is C17H22N2O6S. The zero-order chi connectivity index (χ0) is 19.3. The summed E-state index contributed by atoms with van der Waals surface area (Å²) in [7, 11) is -3.98. The van der Waals surface area contributed by atoms with E-state index in [9.17, 15) is 13.2 Å². The number of hydrogen-bond acceptors (Lipinski definition) is 6. The molecule has 3 unspecified atom stereocenters. The highest BCUT2D eigenvalue weighted by atomic mass is 32.2. The largest absolute Gasteiger partial charge is 0.481 e. The minimum absolute atomic E-state index is 0.00486. The monoisotopic (exact) mass is 382 g/mol. The number of carbonyl (C=O) groups is 1. The predicted octanol–water partition coefficient (Wildman–Crippen LogP) is 0.761. The van der Waals surface area contributed by atoms with Crippen LogP contribution >= 0.6 is 0 Å². The van der Waals surface area contributed by atoms with Gasteiger partial charge in [-0.2, -0.15) is 4.31 Å². The lowest BCUT2D eigenvalue weighted by Crippen LogP contribution is -2.60. The van der Waals surface area contributed by atoms with Crippen LogP contribution in [0.1, 0.15) is 20.8 Å². The maximum atomic E-state index is 13.0. The van der Waals surface area contributed by atoms with E-state index in [4.69, 9.17) is 14.7 Å². The molecule has 1 aromatic carbocycles. The van der Waals surface area contributed by atoms with Crippen LogP contribution in [0.25, 0.3) is 0 Å². The first-order valence-electron chi connectivity index (χ1n) is 8.05. The molecule has 0 saturated carbocycles. The summed E-state index contributed by atoms with van der Waals surface area (Å²) >= 11 is 0. The first-order chi connectivity index (χ1) is 12.3. The number of sulfonamides is 1. The van der Waals surface area contributed by atoms with Crippen LogP contribution in [0, 0.1) is 11.8 Å². The number of carbonyl (C=O) groups excluding carboxylic acids is 1. The maximum Gasteiger partial charge on any atom is 0.264 e. The molecule has 142 valence electrons. The van der Waals surface area contributed by atoms with Crippen molar-refractivity contribution in [1.29, 1.82) is 0 Å². The Labute approximate surface area is 153 Å². The summed E-state index contributed by atoms with van der Waals surface area (Å²) in [5.74, 6) is 5.09. The molecule has 2 rings (SSSR count). The molecule has 1 aliphatic rings. The van der Waals surface area contributed by atoms with Crippen LogP contribution in [0.2, 0.25) is 0 Å². The number of nitrogens with zero attached hydrogens (tertiary/aromatic N) is 1. The predicted molar refractivity (Wildman–Crippen MR) is 93.0 cm³/mol. The van der Waals surface area contributed by atoms with E-state index in [1.165, 1.54) is 29.7 Å². The van der Waals surface area contributed by atoms with E-state index in [0.29, 0.717) is 5.75 Å². The Morgan fingerprint density at radius 3 is 2.62 bits per heavy atom. The lowest BCUT2D eigenvalue weighted by atomic mass is 10.1. The quantitative estimate of drug-likeness (QED) is 0.443. The summed E-state index contributed by atoms with van der Waals surface area (Å²) in [5.41, 5.74) is 1.51. The third-order valence-electron chi connectivity index (χ3n) is 3.94. The fourth-order valence-corrected chi connectivity index (χ4v) is 4.50. The molecule has 0 radical (unpaired) electrons. The number of ether oxygens (including phenoxy) is 2. The fraction of sp³-hybridized carbons (Fsp3) is 0.471. The first kappa shape index (κ1) is 20.2. The van der Waals surface area contributed by atoms with Gasteiger partial charge < -0.3 is 9.47 Å². The van der Waals surface area contributed by atoms with Crippen LogP contribution in [0.3, 0.4) is 0 Å². The summed E-state index contributed by atoms with van der Waals surface area (Å²) in [6, 6.07) is 4.69. The molecule has 0 spiro atoms. The highest BCUT2D eigenvalue weighted by Crippen LogP contribution is 2.27. The van der Waals surface area contributed by atoms with Crippen LogP contribution in [-0.4, -0.2) is 55.2 Å². The van der Waals surface area contributed by atoms with E-state index in [1.807, 2.05) is 0 Å². The van der Waals surface area contributed by atoms with Gasteiger partial charge in [0.2, 0.25) is 10.0 Å². The van der Waals surface area contributed by atoms with E-state index >= 15 is 0 Å². The SMILES string of the molecule is CC#CCOc1ccc(S(=O)(=O)N2CC(C)OC(C)C2C(=O)NO)cc1. The molecule has 3 atom stereocenters. The van der Waals surface area contributed by atoms with Crippen molar-refractivity contribution >= 4 is 15.9 Å². The Bertz CT molecular complexity index is 797. The van der Waals surface area contributed by atoms with Gasteiger partial charge in [-0.1, -0.05) is 5.92 Å². The van der Waals surface area contributed by atoms with Crippen LogP contribution in [-0.2, 0) is 19.6 Å². The smallest absolute Gasteiger partial charge is 0.264 e. The zero-order valence-electron chi connectivity index (χ0n) is 14.8. The standard InChI is InChI=1S/C17H22N2O6S/c1-4-5-10-24-14-6-8-15(9-7-14)26(22,23)19-11-12(2)25-13(3)16(19)17(20)18-21/h6-9,12-13,16,21H,10-11H2,1-3H3,(H,18,20). The molecule has 0 aliphatic carbocycles. The van der Waals surface area contributed by atoms with Crippen molar-refractivity contribution in [3.63, 3.8) is 0 Å². The Morgan fingerprint density at radius 2 is 2.04 bits per heavy atom. The van der Waals surface area contributed by atoms with Gasteiger partial charge in [0.1, 0.15) is 18.4 Å². The second-order valence-corrected chi connectivity index (χ2v) is 7.72. The number of nitrogens with one attached hydrogen (secondary N) is 1. The summed E-state index contributed by atoms with van der Waals surface area (Å²) in [5, 5.41) is 8.96. The molecule has 1 aromatic rings. The number of hydrogen-bond donors (Lipinski definition) is 2. The van der Waals surface area contributed by atoms with Crippen LogP contribution in [0.15, 0.2) is 29.2 Å². The van der Waals surface area contributed by atoms with Crippen LogP contribution in [0.5, 0.6) is 5.75 Å². The van der Waals surface area contributed by atoms with Gasteiger partial charge in [-0.3, -0.25) is 10.0 Å². The Balaban J connectivity index is 2.30. The summed E-state index contributed by atoms with van der Waals surface area (Å²) in [4.78, 5) is 12.0. The van der Waals surface area contributed by atoms with Gasteiger partial charge in [0.25, 0.3) is 5.91 Å². The van der Waals surface area contributed by atoms with Gasteiger partial charge in [-0.05, 0) is 45.0 Å². The van der Waals surface area contributed by atoms with Gasteiger partial charge in [0.15, 0.2) is 0 Å². The summed E-state index contributed by atoms with van der Waals surface area (Å²) in [6.07, 6.45) is -1.10. The van der Waals surface area contributed by atoms with Crippen molar-refractivity contribution in [3.05, 3.63) is 24.3 Å². The Kier molecular flexibility index (Phi) is 6.61. The number of benzene rings is 1. The molecule has 1 amide bonds. The van der Waals surface area contributed by atoms with Gasteiger partial charge in [-0.25, -0.2) is 13.9 Å². The molecular weight excluding hydrogens is 360 g/mol. The van der Waals surface area contributed by atoms with Gasteiger partial charge in [0.05, 0.1) is 17.1 Å². The summed E-state index contributed by atoms with van der Waals surface area (Å²) in [6.45, 7) is 5.21. The second-order valence-electron chi connectivity index (χ2n) is 5.83. The first-order valence-corrected chi connectivity index (χ1v) is 9.49. The molecule has 2 N–H and O–H groups in total. The number of morpholine rings is 1. The molecule has 0 bridgehead atoms. The number of amides is 1. The van der Waals surface area contributed by atoms with E-state index in [-0.39, 0.29) is 18.0 Å². The maximum absolute atomic E-state index is 13.0. The number of hydroxylamine groups is 1. The molecule has 1 heterocycles. The van der Waals surface area contributed by atoms with E-state index in [1.54, 1.807) is 20.8 Å². The molecule has 0 aromatic heterocycles. The molecule has 1 fully saturated rings. The highest BCUT2D eigenvalue weighted by molar-refractivity contribution is 7.89. The van der Waals surface area contributed by atoms with Crippen molar-refractivity contribution in [3.8, 4) is 17.6 Å². The van der Waals surface area contributed by atoms with Crippen LogP contribution in [0.4, 0.5) is 0 Å². The van der Waals surface area contributed by atoms with E-state index in [2.05, 4.69) is 11.8 Å². The van der Waals surface area contributed by atoms with Crippen molar-refractivity contribution in [2.75, 3.05) is 13.2 Å².